The molecule has 0 amide bonds. The van der Waals surface area contributed by atoms with Gasteiger partial charge in [-0.05, 0) is 75.4 Å². The third kappa shape index (κ3) is 4.35. The molecule has 0 radical (unpaired) electrons. The van der Waals surface area contributed by atoms with Crippen LogP contribution in [0.25, 0.3) is 0 Å². The summed E-state index contributed by atoms with van der Waals surface area (Å²) in [6.45, 7) is 12.0. The second kappa shape index (κ2) is 7.29. The van der Waals surface area contributed by atoms with Crippen LogP contribution in [-0.2, 0) is 16.0 Å². The lowest BCUT2D eigenvalue weighted by Crippen LogP contribution is -2.27. The molecule has 106 valence electrons. The van der Waals surface area contributed by atoms with Gasteiger partial charge in [-0.2, -0.15) is 0 Å². The van der Waals surface area contributed by atoms with Crippen molar-refractivity contribution < 1.29 is 9.53 Å². The number of rotatable bonds is 6. The molecular formula is C16H25NO2. The summed E-state index contributed by atoms with van der Waals surface area (Å²) < 4.78 is 4.88. The minimum absolute atomic E-state index is 0.184. The fourth-order valence-corrected chi connectivity index (χ4v) is 2.29. The number of benzene rings is 1. The minimum atomic E-state index is -0.184. The average molecular weight is 263 g/mol. The van der Waals surface area contributed by atoms with Gasteiger partial charge >= 0.3 is 5.97 Å². The third-order valence-corrected chi connectivity index (χ3v) is 3.65. The monoisotopic (exact) mass is 263 g/mol. The van der Waals surface area contributed by atoms with Crippen LogP contribution in [0, 0.1) is 27.7 Å². The van der Waals surface area contributed by atoms with Crippen LogP contribution in [0.5, 0.6) is 0 Å². The molecule has 0 aliphatic rings. The van der Waals surface area contributed by atoms with Crippen LogP contribution < -0.4 is 5.32 Å². The number of carbonyl (C=O) groups is 1. The van der Waals surface area contributed by atoms with Crippen LogP contribution in [0.2, 0.25) is 0 Å². The van der Waals surface area contributed by atoms with E-state index in [0.717, 1.165) is 13.0 Å². The van der Waals surface area contributed by atoms with Crippen molar-refractivity contribution >= 4 is 5.97 Å². The van der Waals surface area contributed by atoms with Gasteiger partial charge in [0.2, 0.25) is 0 Å². The summed E-state index contributed by atoms with van der Waals surface area (Å²) in [5.74, 6) is -0.184. The first kappa shape index (κ1) is 15.7. The number of hydrogen-bond acceptors (Lipinski definition) is 3. The normalized spacial score (nSPS) is 10.6. The van der Waals surface area contributed by atoms with E-state index in [1.54, 1.807) is 0 Å². The Hall–Kier alpha value is -1.35. The average Bonchev–Trinajstić information content (AvgIpc) is 2.36. The quantitative estimate of drug-likeness (QED) is 0.633. The predicted molar refractivity (Wildman–Crippen MR) is 78.6 cm³/mol. The van der Waals surface area contributed by atoms with Gasteiger partial charge < -0.3 is 10.1 Å². The third-order valence-electron chi connectivity index (χ3n) is 3.65. The number of carbonyl (C=O) groups excluding carboxylic acids is 1. The standard InChI is InChI=1S/C16H25NO2/c1-6-19-16(18)10-17-8-7-15-13(4)11(2)9-12(3)14(15)5/h9,17H,6-8,10H2,1-5H3. The Morgan fingerprint density at radius 3 is 2.26 bits per heavy atom. The van der Waals surface area contributed by atoms with Gasteiger partial charge in [-0.1, -0.05) is 6.07 Å². The van der Waals surface area contributed by atoms with E-state index < -0.39 is 0 Å². The summed E-state index contributed by atoms with van der Waals surface area (Å²) in [6, 6.07) is 2.24. The smallest absolute Gasteiger partial charge is 0.319 e. The lowest BCUT2D eigenvalue weighted by molar-refractivity contribution is -0.141. The molecule has 0 unspecified atom stereocenters. The van der Waals surface area contributed by atoms with Gasteiger partial charge in [0.25, 0.3) is 0 Å². The molecule has 0 saturated heterocycles. The second-order valence-corrected chi connectivity index (χ2v) is 4.97. The van der Waals surface area contributed by atoms with Gasteiger partial charge in [-0.25, -0.2) is 0 Å². The molecule has 19 heavy (non-hydrogen) atoms. The predicted octanol–water partition coefficient (Wildman–Crippen LogP) is 2.62. The summed E-state index contributed by atoms with van der Waals surface area (Å²) in [4.78, 5) is 11.2. The Kier molecular flexibility index (Phi) is 6.03. The fourth-order valence-electron chi connectivity index (χ4n) is 2.29. The molecule has 0 aromatic heterocycles. The summed E-state index contributed by atoms with van der Waals surface area (Å²) in [6.07, 6.45) is 0.944. The van der Waals surface area contributed by atoms with E-state index in [-0.39, 0.29) is 12.5 Å². The molecule has 3 nitrogen and oxygen atoms in total. The maximum atomic E-state index is 11.2. The zero-order chi connectivity index (χ0) is 14.4. The summed E-state index contributed by atoms with van der Waals surface area (Å²) in [5.41, 5.74) is 6.79. The molecule has 1 rings (SSSR count). The van der Waals surface area contributed by atoms with Crippen molar-refractivity contribution in [2.45, 2.75) is 41.0 Å². The second-order valence-electron chi connectivity index (χ2n) is 4.97. The Labute approximate surface area is 116 Å². The van der Waals surface area contributed by atoms with E-state index in [4.69, 9.17) is 4.74 Å². The topological polar surface area (TPSA) is 38.3 Å². The molecule has 3 heteroatoms. The highest BCUT2D eigenvalue weighted by Gasteiger charge is 2.08. The fraction of sp³-hybridized carbons (Fsp3) is 0.562. The van der Waals surface area contributed by atoms with E-state index in [1.807, 2.05) is 6.92 Å². The van der Waals surface area contributed by atoms with Crippen LogP contribution in [-0.4, -0.2) is 25.7 Å². The first-order valence-electron chi connectivity index (χ1n) is 6.90. The number of nitrogens with one attached hydrogen (secondary N) is 1. The van der Waals surface area contributed by atoms with Gasteiger partial charge in [-0.3, -0.25) is 4.79 Å². The number of esters is 1. The lowest BCUT2D eigenvalue weighted by atomic mass is 9.92. The molecule has 0 atom stereocenters. The number of ether oxygens (including phenoxy) is 1. The van der Waals surface area contributed by atoms with Crippen molar-refractivity contribution in [3.05, 3.63) is 33.9 Å². The maximum Gasteiger partial charge on any atom is 0.319 e. The lowest BCUT2D eigenvalue weighted by Gasteiger charge is -2.15. The Morgan fingerprint density at radius 2 is 1.74 bits per heavy atom. The van der Waals surface area contributed by atoms with E-state index >= 15 is 0 Å². The summed E-state index contributed by atoms with van der Waals surface area (Å²) in [7, 11) is 0. The molecule has 0 saturated carbocycles. The Morgan fingerprint density at radius 1 is 1.16 bits per heavy atom. The molecule has 0 heterocycles. The molecule has 1 N–H and O–H groups in total. The maximum absolute atomic E-state index is 11.2. The van der Waals surface area contributed by atoms with Crippen molar-refractivity contribution in [1.29, 1.82) is 0 Å². The van der Waals surface area contributed by atoms with Crippen molar-refractivity contribution in [2.24, 2.45) is 0 Å². The molecule has 0 aliphatic heterocycles. The summed E-state index contributed by atoms with van der Waals surface area (Å²) >= 11 is 0. The Balaban J connectivity index is 2.56. The van der Waals surface area contributed by atoms with Crippen molar-refractivity contribution in [3.63, 3.8) is 0 Å². The highest BCUT2D eigenvalue weighted by molar-refractivity contribution is 5.71. The highest BCUT2D eigenvalue weighted by Crippen LogP contribution is 2.21. The van der Waals surface area contributed by atoms with Gasteiger partial charge in [0.1, 0.15) is 0 Å². The van der Waals surface area contributed by atoms with E-state index in [2.05, 4.69) is 39.1 Å². The summed E-state index contributed by atoms with van der Waals surface area (Å²) in [5, 5.41) is 3.14. The highest BCUT2D eigenvalue weighted by atomic mass is 16.5. The minimum Gasteiger partial charge on any atom is -0.465 e. The van der Waals surface area contributed by atoms with Gasteiger partial charge in [0.05, 0.1) is 13.2 Å². The SMILES string of the molecule is CCOC(=O)CNCCc1c(C)c(C)cc(C)c1C. The molecular weight excluding hydrogens is 238 g/mol. The first-order valence-corrected chi connectivity index (χ1v) is 6.90. The van der Waals surface area contributed by atoms with Crippen molar-refractivity contribution in [2.75, 3.05) is 19.7 Å². The zero-order valence-electron chi connectivity index (χ0n) is 12.7. The molecule has 0 aliphatic carbocycles. The molecule has 1 aromatic rings. The molecule has 1 aromatic carbocycles. The zero-order valence-corrected chi connectivity index (χ0v) is 12.7. The van der Waals surface area contributed by atoms with Crippen LogP contribution >= 0.6 is 0 Å². The van der Waals surface area contributed by atoms with Gasteiger partial charge in [0, 0.05) is 0 Å². The molecule has 0 spiro atoms. The van der Waals surface area contributed by atoms with Crippen LogP contribution in [0.4, 0.5) is 0 Å². The van der Waals surface area contributed by atoms with E-state index in [9.17, 15) is 4.79 Å². The van der Waals surface area contributed by atoms with Crippen LogP contribution in [0.15, 0.2) is 6.07 Å². The molecule has 0 fully saturated rings. The van der Waals surface area contributed by atoms with E-state index in [0.29, 0.717) is 6.61 Å². The largest absolute Gasteiger partial charge is 0.465 e. The molecule has 0 bridgehead atoms. The Bertz CT molecular complexity index is 426. The van der Waals surface area contributed by atoms with E-state index in [1.165, 1.54) is 27.8 Å². The first-order chi connectivity index (χ1) is 8.97. The van der Waals surface area contributed by atoms with Crippen LogP contribution in [0.1, 0.15) is 34.7 Å². The van der Waals surface area contributed by atoms with Gasteiger partial charge in [0.15, 0.2) is 0 Å². The number of aryl methyl sites for hydroxylation is 2. The van der Waals surface area contributed by atoms with Crippen molar-refractivity contribution in [1.82, 2.24) is 5.32 Å². The number of hydrogen-bond donors (Lipinski definition) is 1. The van der Waals surface area contributed by atoms with Crippen LogP contribution in [0.3, 0.4) is 0 Å². The van der Waals surface area contributed by atoms with Gasteiger partial charge in [-0.15, -0.1) is 0 Å². The van der Waals surface area contributed by atoms with Crippen molar-refractivity contribution in [3.8, 4) is 0 Å².